The fraction of sp³-hybridized carbons (Fsp3) is 0.485. The van der Waals surface area contributed by atoms with E-state index in [1.165, 1.54) is 45.6 Å². The molecule has 12 heteroatoms. The Hall–Kier alpha value is -4.45. The van der Waals surface area contributed by atoms with Crippen LogP contribution in [0.4, 0.5) is 11.4 Å². The van der Waals surface area contributed by atoms with E-state index in [1.807, 2.05) is 41.2 Å². The maximum Gasteiger partial charge on any atom is 0.341 e. The van der Waals surface area contributed by atoms with Crippen molar-refractivity contribution in [2.45, 2.75) is 83.9 Å². The quantitative estimate of drug-likeness (QED) is 0.187. The van der Waals surface area contributed by atoms with Crippen LogP contribution >= 0.6 is 0 Å². The zero-order chi connectivity index (χ0) is 31.3. The van der Waals surface area contributed by atoms with Crippen LogP contribution in [0.1, 0.15) is 81.4 Å². The zero-order valence-corrected chi connectivity index (χ0v) is 26.1. The van der Waals surface area contributed by atoms with Gasteiger partial charge < -0.3 is 25.0 Å². The lowest BCUT2D eigenvalue weighted by atomic mass is 9.85. The van der Waals surface area contributed by atoms with Crippen molar-refractivity contribution in [1.29, 1.82) is 0 Å². The Kier molecular flexibility index (Phi) is 9.29. The molecule has 5 heterocycles. The van der Waals surface area contributed by atoms with Crippen molar-refractivity contribution >= 4 is 28.4 Å². The lowest BCUT2D eigenvalue weighted by Gasteiger charge is -2.31. The molecule has 0 radical (unpaired) electrons. The predicted molar refractivity (Wildman–Crippen MR) is 171 cm³/mol. The number of rotatable bonds is 7. The second kappa shape index (κ2) is 13.7. The van der Waals surface area contributed by atoms with E-state index in [1.54, 1.807) is 16.9 Å². The van der Waals surface area contributed by atoms with E-state index < -0.39 is 0 Å². The van der Waals surface area contributed by atoms with Crippen LogP contribution in [0.15, 0.2) is 53.6 Å². The van der Waals surface area contributed by atoms with Gasteiger partial charge in [0.15, 0.2) is 5.82 Å². The number of ether oxygens (including phenoxy) is 1. The van der Waals surface area contributed by atoms with Crippen molar-refractivity contribution in [2.75, 3.05) is 17.7 Å². The average Bonchev–Trinajstić information content (AvgIpc) is 3.84. The van der Waals surface area contributed by atoms with Crippen molar-refractivity contribution in [3.05, 3.63) is 60.4 Å². The number of carbonyl (C=O) groups is 1. The third-order valence-corrected chi connectivity index (χ3v) is 9.26. The fourth-order valence-electron chi connectivity index (χ4n) is 6.58. The molecule has 238 valence electrons. The van der Waals surface area contributed by atoms with Crippen LogP contribution in [0.2, 0.25) is 0 Å². The molecule has 5 aromatic heterocycles. The number of esters is 1. The molecule has 2 aliphatic carbocycles. The Balaban J connectivity index is 0.000000160. The smallest absolute Gasteiger partial charge is 0.341 e. The second-order valence-corrected chi connectivity index (χ2v) is 12.2. The van der Waals surface area contributed by atoms with Gasteiger partial charge in [-0.15, -0.1) is 0 Å². The number of nitrogens with zero attached hydrogens (tertiary/aromatic N) is 6. The van der Waals surface area contributed by atoms with Crippen molar-refractivity contribution < 1.29 is 19.2 Å². The van der Waals surface area contributed by atoms with Crippen LogP contribution in [0, 0.1) is 11.8 Å². The first-order chi connectivity index (χ1) is 22.0. The number of aliphatic hydroxyl groups is 1. The molecule has 12 nitrogen and oxygen atoms in total. The molecule has 3 N–H and O–H groups in total. The normalized spacial score (nSPS) is 21.7. The van der Waals surface area contributed by atoms with Crippen molar-refractivity contribution in [1.82, 2.24) is 29.4 Å². The molecule has 0 aliphatic heterocycles. The molecular formula is C33H42N8O4. The maximum absolute atomic E-state index is 12.0. The van der Waals surface area contributed by atoms with Gasteiger partial charge in [-0.05, 0) is 61.8 Å². The number of aliphatic hydroxyl groups excluding tert-OH is 1. The van der Waals surface area contributed by atoms with Gasteiger partial charge in [0, 0.05) is 24.5 Å². The van der Waals surface area contributed by atoms with Gasteiger partial charge in [-0.25, -0.2) is 13.8 Å². The van der Waals surface area contributed by atoms with E-state index in [4.69, 9.17) is 9.26 Å². The molecule has 2 saturated carbocycles. The first-order valence-corrected chi connectivity index (χ1v) is 15.9. The Morgan fingerprint density at radius 1 is 0.911 bits per heavy atom. The van der Waals surface area contributed by atoms with Crippen LogP contribution < -0.4 is 10.6 Å². The Labute approximate surface area is 262 Å². The molecular weight excluding hydrogens is 572 g/mol. The van der Waals surface area contributed by atoms with Crippen LogP contribution in [-0.2, 0) is 11.3 Å². The van der Waals surface area contributed by atoms with Crippen molar-refractivity contribution in [2.24, 2.45) is 11.8 Å². The predicted octanol–water partition coefficient (Wildman–Crippen LogP) is 5.98. The van der Waals surface area contributed by atoms with Crippen molar-refractivity contribution in [3.8, 4) is 11.5 Å². The fourth-order valence-corrected chi connectivity index (χ4v) is 6.58. The molecule has 2 aliphatic rings. The minimum atomic E-state index is -0.350. The van der Waals surface area contributed by atoms with E-state index in [9.17, 15) is 9.90 Å². The highest BCUT2D eigenvalue weighted by Crippen LogP contribution is 2.35. The Bertz CT molecular complexity index is 1740. The summed E-state index contributed by atoms with van der Waals surface area (Å²) in [5.41, 5.74) is 4.96. The SMILES string of the molecule is CC1CCCCC1Nc1c(-c2nc(CO)no2)cnn2cccc12.COC(=O)c1cnn2cccc2c1N[C@H]1CCCC[C@H]1C. The summed E-state index contributed by atoms with van der Waals surface area (Å²) >= 11 is 0. The van der Waals surface area contributed by atoms with Crippen molar-refractivity contribution in [3.63, 3.8) is 0 Å². The third-order valence-electron chi connectivity index (χ3n) is 9.26. The monoisotopic (exact) mass is 614 g/mol. The van der Waals surface area contributed by atoms with Crippen LogP contribution in [0.25, 0.3) is 22.5 Å². The summed E-state index contributed by atoms with van der Waals surface area (Å²) in [7, 11) is 1.40. The number of hydrogen-bond acceptors (Lipinski definition) is 10. The van der Waals surface area contributed by atoms with Gasteiger partial charge in [-0.1, -0.05) is 44.7 Å². The highest BCUT2D eigenvalue weighted by molar-refractivity contribution is 5.99. The molecule has 2 unspecified atom stereocenters. The molecule has 7 rings (SSSR count). The standard InChI is InChI=1S/C17H21N5O2.C16H21N3O2/c1-11-5-2-3-6-13(11)19-16-12(17-20-15(10-23)21-24-17)9-18-22-8-4-7-14(16)22;1-11-6-3-4-7-13(11)18-15-12(16(20)21-2)10-17-19-9-5-8-14(15)19/h4,7-9,11,13,19,23H,2-3,5-6,10H2,1H3;5,8-11,13,18H,3-4,6-7H2,1-2H3/t;11-,13+/m.1/s1. The maximum atomic E-state index is 12.0. The number of nitrogens with one attached hydrogen (secondary N) is 2. The summed E-state index contributed by atoms with van der Waals surface area (Å²) in [5.74, 6) is 1.52. The summed E-state index contributed by atoms with van der Waals surface area (Å²) in [4.78, 5) is 16.3. The van der Waals surface area contributed by atoms with Crippen LogP contribution in [0.3, 0.4) is 0 Å². The van der Waals surface area contributed by atoms with E-state index in [-0.39, 0.29) is 18.4 Å². The molecule has 0 aromatic carbocycles. The molecule has 0 bridgehead atoms. The highest BCUT2D eigenvalue weighted by Gasteiger charge is 2.26. The zero-order valence-electron chi connectivity index (χ0n) is 26.1. The minimum absolute atomic E-state index is 0.243. The van der Waals surface area contributed by atoms with E-state index >= 15 is 0 Å². The van der Waals surface area contributed by atoms with Gasteiger partial charge in [0.1, 0.15) is 12.2 Å². The highest BCUT2D eigenvalue weighted by atomic mass is 16.5. The van der Waals surface area contributed by atoms with E-state index in [0.717, 1.165) is 40.8 Å². The number of fused-ring (bicyclic) bond motifs is 2. The number of anilines is 2. The van der Waals surface area contributed by atoms with Gasteiger partial charge in [-0.2, -0.15) is 15.2 Å². The van der Waals surface area contributed by atoms with Gasteiger partial charge in [0.05, 0.1) is 47.5 Å². The van der Waals surface area contributed by atoms with E-state index in [2.05, 4.69) is 44.8 Å². The largest absolute Gasteiger partial charge is 0.465 e. The number of carbonyl (C=O) groups excluding carboxylic acids is 1. The minimum Gasteiger partial charge on any atom is -0.465 e. The third kappa shape index (κ3) is 6.51. The number of hydrogen-bond donors (Lipinski definition) is 3. The van der Waals surface area contributed by atoms with Crippen LogP contribution in [0.5, 0.6) is 0 Å². The van der Waals surface area contributed by atoms with E-state index in [0.29, 0.717) is 35.4 Å². The summed E-state index contributed by atoms with van der Waals surface area (Å²) in [6.07, 6.45) is 16.9. The summed E-state index contributed by atoms with van der Waals surface area (Å²) in [6, 6.07) is 8.69. The van der Waals surface area contributed by atoms with Gasteiger partial charge in [0.25, 0.3) is 5.89 Å². The molecule has 0 amide bonds. The lowest BCUT2D eigenvalue weighted by molar-refractivity contribution is 0.0601. The van der Waals surface area contributed by atoms with Crippen LogP contribution in [-0.4, -0.2) is 59.6 Å². The van der Waals surface area contributed by atoms with Gasteiger partial charge in [0.2, 0.25) is 0 Å². The molecule has 0 saturated heterocycles. The van der Waals surface area contributed by atoms with Gasteiger partial charge in [-0.3, -0.25) is 0 Å². The summed E-state index contributed by atoms with van der Waals surface area (Å²) in [5, 5.41) is 28.9. The first-order valence-electron chi connectivity index (χ1n) is 15.9. The molecule has 4 atom stereocenters. The summed E-state index contributed by atoms with van der Waals surface area (Å²) < 4.78 is 13.8. The Morgan fingerprint density at radius 2 is 1.49 bits per heavy atom. The Morgan fingerprint density at radius 3 is 2.07 bits per heavy atom. The molecule has 45 heavy (non-hydrogen) atoms. The average molecular weight is 615 g/mol. The number of aromatic nitrogens is 6. The molecule has 0 spiro atoms. The molecule has 2 fully saturated rings. The van der Waals surface area contributed by atoms with Gasteiger partial charge >= 0.3 is 5.97 Å². The topological polar surface area (TPSA) is 144 Å². The first kappa shape index (κ1) is 30.6. The second-order valence-electron chi connectivity index (χ2n) is 12.2. The lowest BCUT2D eigenvalue weighted by Crippen LogP contribution is -2.31. The molecule has 5 aromatic rings. The number of methoxy groups -OCH3 is 1. The summed E-state index contributed by atoms with van der Waals surface area (Å²) in [6.45, 7) is 4.32.